The number of aliphatic imine (C=N–C) groups is 1. The van der Waals surface area contributed by atoms with Crippen LogP contribution >= 0.6 is 56.9 Å². The van der Waals surface area contributed by atoms with Gasteiger partial charge in [0.05, 0.1) is 20.8 Å². The van der Waals surface area contributed by atoms with Gasteiger partial charge in [0.2, 0.25) is 0 Å². The molecule has 8 heteroatoms. The summed E-state index contributed by atoms with van der Waals surface area (Å²) >= 11 is 5.50. The highest BCUT2D eigenvalue weighted by molar-refractivity contribution is 14.1. The van der Waals surface area contributed by atoms with E-state index in [1.807, 2.05) is 43.3 Å². The second kappa shape index (κ2) is 8.61. The molecule has 1 heterocycles. The number of amides is 1. The monoisotopic (exact) mass is 592 g/mol. The fourth-order valence-electron chi connectivity index (χ4n) is 2.22. The van der Waals surface area contributed by atoms with Crippen LogP contribution < -0.4 is 10.1 Å². The zero-order valence-corrected chi connectivity index (χ0v) is 18.8. The third-order valence-electron chi connectivity index (χ3n) is 3.37. The predicted octanol–water partition coefficient (Wildman–Crippen LogP) is 4.89. The second-order valence-corrected chi connectivity index (χ2v) is 8.67. The van der Waals surface area contributed by atoms with E-state index in [1.165, 1.54) is 11.8 Å². The van der Waals surface area contributed by atoms with Gasteiger partial charge in [0.15, 0.2) is 5.17 Å². The molecule has 1 amide bonds. The molecule has 1 aliphatic rings. The maximum Gasteiger partial charge on any atom is 0.264 e. The van der Waals surface area contributed by atoms with Gasteiger partial charge >= 0.3 is 0 Å². The highest BCUT2D eigenvalue weighted by Crippen LogP contribution is 2.33. The van der Waals surface area contributed by atoms with Gasteiger partial charge in [0, 0.05) is 9.13 Å². The number of phenols is 1. The minimum absolute atomic E-state index is 0.170. The molecule has 0 spiro atoms. The number of nitrogens with one attached hydrogen (secondary N) is 1. The largest absolute Gasteiger partial charge is 0.506 e. The van der Waals surface area contributed by atoms with Crippen LogP contribution in [0, 0.1) is 7.14 Å². The van der Waals surface area contributed by atoms with E-state index >= 15 is 0 Å². The molecule has 2 N–H and O–H groups in total. The molecule has 0 aromatic heterocycles. The summed E-state index contributed by atoms with van der Waals surface area (Å²) in [6, 6.07) is 11.1. The van der Waals surface area contributed by atoms with Crippen molar-refractivity contribution in [3.05, 3.63) is 54.0 Å². The Hall–Kier alpha value is -1.27. The van der Waals surface area contributed by atoms with Crippen molar-refractivity contribution in [1.29, 1.82) is 0 Å². The number of amidine groups is 1. The molecule has 0 bridgehead atoms. The van der Waals surface area contributed by atoms with E-state index in [0.717, 1.165) is 18.6 Å². The number of halogens is 2. The number of rotatable bonds is 4. The molecule has 5 nitrogen and oxygen atoms in total. The third-order valence-corrected chi connectivity index (χ3v) is 5.73. The molecular formula is C18H14I2N2O3S. The normalized spacial score (nSPS) is 17.0. The van der Waals surface area contributed by atoms with E-state index in [0.29, 0.717) is 22.2 Å². The number of aromatic hydroxyl groups is 1. The van der Waals surface area contributed by atoms with Crippen LogP contribution in [0.4, 0.5) is 5.69 Å². The Morgan fingerprint density at radius 2 is 2.00 bits per heavy atom. The molecule has 1 fully saturated rings. The average molecular weight is 592 g/mol. The van der Waals surface area contributed by atoms with Gasteiger partial charge in [-0.2, -0.15) is 0 Å². The number of thioether (sulfide) groups is 1. The minimum Gasteiger partial charge on any atom is -0.506 e. The van der Waals surface area contributed by atoms with Crippen LogP contribution in [-0.4, -0.2) is 22.8 Å². The predicted molar refractivity (Wildman–Crippen MR) is 122 cm³/mol. The first-order valence-electron chi connectivity index (χ1n) is 7.66. The van der Waals surface area contributed by atoms with Crippen molar-refractivity contribution in [3.8, 4) is 11.5 Å². The molecule has 0 aliphatic carbocycles. The van der Waals surface area contributed by atoms with Crippen molar-refractivity contribution in [3.63, 3.8) is 0 Å². The average Bonchev–Trinajstić information content (AvgIpc) is 2.93. The number of benzene rings is 2. The van der Waals surface area contributed by atoms with Crippen molar-refractivity contribution in [2.45, 2.75) is 6.92 Å². The summed E-state index contributed by atoms with van der Waals surface area (Å²) in [4.78, 5) is 17.1. The second-order valence-electron chi connectivity index (χ2n) is 5.23. The lowest BCUT2D eigenvalue weighted by Gasteiger charge is -2.03. The van der Waals surface area contributed by atoms with Gasteiger partial charge in [-0.1, -0.05) is 0 Å². The molecular weight excluding hydrogens is 578 g/mol. The van der Waals surface area contributed by atoms with E-state index in [2.05, 4.69) is 55.5 Å². The molecule has 2 aromatic carbocycles. The lowest BCUT2D eigenvalue weighted by atomic mass is 10.2. The maximum atomic E-state index is 12.2. The molecule has 1 aliphatic heterocycles. The molecule has 1 saturated heterocycles. The number of hydrogen-bond donors (Lipinski definition) is 2. The zero-order chi connectivity index (χ0) is 18.7. The first-order valence-corrected chi connectivity index (χ1v) is 10.6. The zero-order valence-electron chi connectivity index (χ0n) is 13.6. The maximum absolute atomic E-state index is 12.2. The summed E-state index contributed by atoms with van der Waals surface area (Å²) in [5, 5.41) is 13.5. The Bertz CT molecular complexity index is 911. The number of hydrogen-bond acceptors (Lipinski definition) is 5. The Labute approximate surface area is 182 Å². The van der Waals surface area contributed by atoms with Gasteiger partial charge < -0.3 is 15.2 Å². The van der Waals surface area contributed by atoms with Crippen LogP contribution in [0.3, 0.4) is 0 Å². The van der Waals surface area contributed by atoms with Crippen LogP contribution in [0.15, 0.2) is 46.3 Å². The number of carbonyl (C=O) groups excluding carboxylic acids is 1. The van der Waals surface area contributed by atoms with Gasteiger partial charge in [0.1, 0.15) is 11.5 Å². The highest BCUT2D eigenvalue weighted by atomic mass is 127. The Kier molecular flexibility index (Phi) is 6.46. The summed E-state index contributed by atoms with van der Waals surface area (Å²) in [7, 11) is 0. The summed E-state index contributed by atoms with van der Waals surface area (Å²) in [5.74, 6) is 0.723. The van der Waals surface area contributed by atoms with Crippen LogP contribution in [0.5, 0.6) is 11.5 Å². The van der Waals surface area contributed by atoms with Crippen molar-refractivity contribution in [2.75, 3.05) is 6.61 Å². The fourth-order valence-corrected chi connectivity index (χ4v) is 4.94. The third kappa shape index (κ3) is 4.71. The summed E-state index contributed by atoms with van der Waals surface area (Å²) < 4.78 is 7.14. The topological polar surface area (TPSA) is 70.9 Å². The first kappa shape index (κ1) is 19.5. The van der Waals surface area contributed by atoms with E-state index in [1.54, 1.807) is 6.08 Å². The van der Waals surface area contributed by atoms with Gasteiger partial charge in [-0.3, -0.25) is 4.79 Å². The van der Waals surface area contributed by atoms with Crippen molar-refractivity contribution < 1.29 is 14.6 Å². The lowest BCUT2D eigenvalue weighted by molar-refractivity contribution is -0.115. The van der Waals surface area contributed by atoms with E-state index < -0.39 is 0 Å². The van der Waals surface area contributed by atoms with Gasteiger partial charge in [-0.15, -0.1) is 0 Å². The standard InChI is InChI=1S/C18H14I2N2O3S/c1-2-25-13-5-3-12(4-6-13)21-18-22-17(24)15(26-18)8-10-7-11(19)9-14(20)16(10)23/h3-9,23H,2H2,1H3,(H,21,22,24)/b15-8-. The number of phenolic OH excluding ortho intramolecular Hbond substituents is 1. The molecule has 3 rings (SSSR count). The van der Waals surface area contributed by atoms with E-state index in [9.17, 15) is 9.90 Å². The summed E-state index contributed by atoms with van der Waals surface area (Å²) in [6.45, 7) is 2.54. The van der Waals surface area contributed by atoms with Crippen molar-refractivity contribution in [2.24, 2.45) is 4.99 Å². The highest BCUT2D eigenvalue weighted by Gasteiger charge is 2.24. The van der Waals surface area contributed by atoms with Gasteiger partial charge in [0.25, 0.3) is 5.91 Å². The molecule has 0 unspecified atom stereocenters. The molecule has 0 saturated carbocycles. The molecule has 134 valence electrons. The summed E-state index contributed by atoms with van der Waals surface area (Å²) in [6.07, 6.45) is 1.68. The fraction of sp³-hybridized carbons (Fsp3) is 0.111. The van der Waals surface area contributed by atoms with Crippen LogP contribution in [0.1, 0.15) is 12.5 Å². The Balaban J connectivity index is 1.82. The van der Waals surface area contributed by atoms with Crippen LogP contribution in [0.25, 0.3) is 6.08 Å². The first-order chi connectivity index (χ1) is 12.5. The SMILES string of the molecule is CCOc1ccc(N=C2NC(=O)/C(=C/c3cc(I)cc(I)c3O)S2)cc1. The Morgan fingerprint density at radius 3 is 2.69 bits per heavy atom. The molecule has 26 heavy (non-hydrogen) atoms. The van der Waals surface area contributed by atoms with Crippen molar-refractivity contribution in [1.82, 2.24) is 5.32 Å². The lowest BCUT2D eigenvalue weighted by Crippen LogP contribution is -2.19. The number of ether oxygens (including phenoxy) is 1. The van der Waals surface area contributed by atoms with Gasteiger partial charge in [-0.05, 0) is 106 Å². The minimum atomic E-state index is -0.229. The van der Waals surface area contributed by atoms with Crippen molar-refractivity contribution >= 4 is 79.8 Å². The molecule has 0 radical (unpaired) electrons. The number of carbonyl (C=O) groups is 1. The van der Waals surface area contributed by atoms with E-state index in [-0.39, 0.29) is 11.7 Å². The van der Waals surface area contributed by atoms with Crippen LogP contribution in [-0.2, 0) is 4.79 Å². The molecule has 2 aromatic rings. The quantitative estimate of drug-likeness (QED) is 0.392. The summed E-state index contributed by atoms with van der Waals surface area (Å²) in [5.41, 5.74) is 1.34. The van der Waals surface area contributed by atoms with E-state index in [4.69, 9.17) is 4.74 Å². The number of nitrogens with zero attached hydrogens (tertiary/aromatic N) is 1. The molecule has 0 atom stereocenters. The van der Waals surface area contributed by atoms with Crippen LogP contribution in [0.2, 0.25) is 0 Å². The van der Waals surface area contributed by atoms with Gasteiger partial charge in [-0.25, -0.2) is 4.99 Å². The Morgan fingerprint density at radius 1 is 1.27 bits per heavy atom. The smallest absolute Gasteiger partial charge is 0.264 e.